The van der Waals surface area contributed by atoms with Crippen molar-refractivity contribution in [2.45, 2.75) is 43.4 Å². The van der Waals surface area contributed by atoms with E-state index in [-0.39, 0.29) is 0 Å². The molecule has 0 radical (unpaired) electrons. The molecule has 1 unspecified atom stereocenters. The van der Waals surface area contributed by atoms with Crippen molar-refractivity contribution in [3.63, 3.8) is 0 Å². The SMILES string of the molecule is Clc1cnccc1CC(Br)c1cc2c(s1)CCCCC2. The maximum absolute atomic E-state index is 6.20. The summed E-state index contributed by atoms with van der Waals surface area (Å²) in [6.45, 7) is 0. The average molecular weight is 371 g/mol. The molecule has 1 aliphatic rings. The van der Waals surface area contributed by atoms with E-state index in [0.717, 1.165) is 17.0 Å². The van der Waals surface area contributed by atoms with Gasteiger partial charge in [0, 0.05) is 22.1 Å². The van der Waals surface area contributed by atoms with Crippen LogP contribution in [0.3, 0.4) is 0 Å². The summed E-state index contributed by atoms with van der Waals surface area (Å²) >= 11 is 12.0. The molecule has 0 spiro atoms. The monoisotopic (exact) mass is 369 g/mol. The van der Waals surface area contributed by atoms with Crippen LogP contribution in [-0.4, -0.2) is 4.98 Å². The fourth-order valence-electron chi connectivity index (χ4n) is 2.71. The van der Waals surface area contributed by atoms with Gasteiger partial charge in [-0.15, -0.1) is 11.3 Å². The van der Waals surface area contributed by atoms with Crippen LogP contribution in [0, 0.1) is 0 Å². The third kappa shape index (κ3) is 3.26. The predicted molar refractivity (Wildman–Crippen MR) is 90.2 cm³/mol. The van der Waals surface area contributed by atoms with Crippen molar-refractivity contribution in [2.24, 2.45) is 0 Å². The fraction of sp³-hybridized carbons (Fsp3) is 0.438. The average Bonchev–Trinajstić information content (AvgIpc) is 2.73. The fourth-order valence-corrected chi connectivity index (χ4v) is 4.90. The van der Waals surface area contributed by atoms with Gasteiger partial charge < -0.3 is 0 Å². The van der Waals surface area contributed by atoms with E-state index < -0.39 is 0 Å². The lowest BCUT2D eigenvalue weighted by atomic mass is 10.1. The molecule has 1 nitrogen and oxygen atoms in total. The number of alkyl halides is 1. The molecule has 0 saturated carbocycles. The highest BCUT2D eigenvalue weighted by molar-refractivity contribution is 9.09. The normalized spacial score (nSPS) is 16.5. The highest BCUT2D eigenvalue weighted by Gasteiger charge is 2.17. The number of thiophene rings is 1. The predicted octanol–water partition coefficient (Wildman–Crippen LogP) is 5.74. The number of aryl methyl sites for hydroxylation is 2. The smallest absolute Gasteiger partial charge is 0.0621 e. The van der Waals surface area contributed by atoms with Crippen molar-refractivity contribution >= 4 is 38.9 Å². The van der Waals surface area contributed by atoms with Gasteiger partial charge in [-0.3, -0.25) is 4.98 Å². The van der Waals surface area contributed by atoms with E-state index in [1.165, 1.54) is 37.0 Å². The van der Waals surface area contributed by atoms with Crippen molar-refractivity contribution in [1.29, 1.82) is 0 Å². The van der Waals surface area contributed by atoms with Crippen LogP contribution in [0.2, 0.25) is 5.02 Å². The van der Waals surface area contributed by atoms with E-state index in [0.29, 0.717) is 4.83 Å². The van der Waals surface area contributed by atoms with Crippen molar-refractivity contribution in [1.82, 2.24) is 4.98 Å². The van der Waals surface area contributed by atoms with Gasteiger partial charge in [-0.1, -0.05) is 34.0 Å². The van der Waals surface area contributed by atoms with E-state index in [9.17, 15) is 0 Å². The largest absolute Gasteiger partial charge is 0.263 e. The zero-order valence-electron chi connectivity index (χ0n) is 11.2. The second kappa shape index (κ2) is 6.59. The molecule has 2 heterocycles. The highest BCUT2D eigenvalue weighted by atomic mass is 79.9. The maximum atomic E-state index is 6.20. The van der Waals surface area contributed by atoms with E-state index in [1.807, 2.05) is 23.6 Å². The molecule has 2 aromatic rings. The van der Waals surface area contributed by atoms with Crippen LogP contribution in [0.4, 0.5) is 0 Å². The highest BCUT2D eigenvalue weighted by Crippen LogP contribution is 2.38. The lowest BCUT2D eigenvalue weighted by Crippen LogP contribution is -1.94. The second-order valence-electron chi connectivity index (χ2n) is 5.30. The molecule has 20 heavy (non-hydrogen) atoms. The molecule has 0 bridgehead atoms. The molecule has 0 saturated heterocycles. The number of hydrogen-bond donors (Lipinski definition) is 0. The molecule has 1 atom stereocenters. The van der Waals surface area contributed by atoms with Gasteiger partial charge in [0.2, 0.25) is 0 Å². The Bertz CT molecular complexity index is 572. The van der Waals surface area contributed by atoms with Crippen LogP contribution >= 0.6 is 38.9 Å². The molecule has 1 aliphatic carbocycles. The summed E-state index contributed by atoms with van der Waals surface area (Å²) < 4.78 is 0. The maximum Gasteiger partial charge on any atom is 0.0621 e. The van der Waals surface area contributed by atoms with Gasteiger partial charge in [-0.05, 0) is 55.4 Å². The number of rotatable bonds is 3. The standard InChI is InChI=1S/C16H17BrClNS/c17-13(8-11-6-7-19-10-14(11)18)16-9-12-4-2-1-3-5-15(12)20-16/h6-7,9-10,13H,1-5,8H2. The van der Waals surface area contributed by atoms with Crippen LogP contribution in [0.1, 0.15) is 45.0 Å². The first kappa shape index (κ1) is 14.6. The first-order valence-corrected chi connectivity index (χ1v) is 9.19. The van der Waals surface area contributed by atoms with Gasteiger partial charge >= 0.3 is 0 Å². The summed E-state index contributed by atoms with van der Waals surface area (Å²) in [5.41, 5.74) is 2.74. The molecule has 4 heteroatoms. The van der Waals surface area contributed by atoms with Crippen LogP contribution < -0.4 is 0 Å². The topological polar surface area (TPSA) is 12.9 Å². The molecular weight excluding hydrogens is 354 g/mol. The summed E-state index contributed by atoms with van der Waals surface area (Å²) in [5, 5.41) is 0.759. The van der Waals surface area contributed by atoms with Crippen molar-refractivity contribution < 1.29 is 0 Å². The molecule has 0 fully saturated rings. The van der Waals surface area contributed by atoms with Crippen LogP contribution in [-0.2, 0) is 19.3 Å². The quantitative estimate of drug-likeness (QED) is 0.495. The van der Waals surface area contributed by atoms with E-state index in [1.54, 1.807) is 16.6 Å². The summed E-state index contributed by atoms with van der Waals surface area (Å²) in [4.78, 5) is 7.43. The Hall–Kier alpha value is -0.380. The number of nitrogens with zero attached hydrogens (tertiary/aromatic N) is 1. The molecule has 106 valence electrons. The van der Waals surface area contributed by atoms with Crippen LogP contribution in [0.15, 0.2) is 24.5 Å². The number of pyridine rings is 1. The van der Waals surface area contributed by atoms with Gasteiger partial charge in [0.15, 0.2) is 0 Å². The Kier molecular flexibility index (Phi) is 4.79. The number of aromatic nitrogens is 1. The van der Waals surface area contributed by atoms with Gasteiger partial charge in [-0.25, -0.2) is 0 Å². The van der Waals surface area contributed by atoms with Gasteiger partial charge in [0.25, 0.3) is 0 Å². The lowest BCUT2D eigenvalue weighted by Gasteiger charge is -2.09. The third-order valence-electron chi connectivity index (χ3n) is 3.83. The minimum absolute atomic E-state index is 0.347. The zero-order valence-corrected chi connectivity index (χ0v) is 14.4. The molecule has 0 N–H and O–H groups in total. The van der Waals surface area contributed by atoms with Crippen molar-refractivity contribution in [3.8, 4) is 0 Å². The van der Waals surface area contributed by atoms with Crippen LogP contribution in [0.5, 0.6) is 0 Å². The zero-order chi connectivity index (χ0) is 13.9. The summed E-state index contributed by atoms with van der Waals surface area (Å²) in [5.74, 6) is 0. The molecule has 0 amide bonds. The summed E-state index contributed by atoms with van der Waals surface area (Å²) in [6, 6.07) is 4.41. The Balaban J connectivity index is 1.77. The van der Waals surface area contributed by atoms with Gasteiger partial charge in [0.05, 0.1) is 9.85 Å². The first-order chi connectivity index (χ1) is 9.74. The molecular formula is C16H17BrClNS. The second-order valence-corrected chi connectivity index (χ2v) is 7.98. The van der Waals surface area contributed by atoms with E-state index >= 15 is 0 Å². The Morgan fingerprint density at radius 3 is 3.00 bits per heavy atom. The minimum atomic E-state index is 0.347. The Morgan fingerprint density at radius 1 is 1.30 bits per heavy atom. The van der Waals surface area contributed by atoms with Crippen molar-refractivity contribution in [2.75, 3.05) is 0 Å². The van der Waals surface area contributed by atoms with E-state index in [2.05, 4.69) is 27.0 Å². The number of hydrogen-bond acceptors (Lipinski definition) is 2. The van der Waals surface area contributed by atoms with Crippen LogP contribution in [0.25, 0.3) is 0 Å². The molecule has 0 aromatic carbocycles. The summed E-state index contributed by atoms with van der Waals surface area (Å²) in [7, 11) is 0. The number of fused-ring (bicyclic) bond motifs is 1. The van der Waals surface area contributed by atoms with E-state index in [4.69, 9.17) is 11.6 Å². The third-order valence-corrected chi connectivity index (χ3v) is 6.64. The Labute approximate surface area is 137 Å². The number of halogens is 2. The Morgan fingerprint density at radius 2 is 2.15 bits per heavy atom. The minimum Gasteiger partial charge on any atom is -0.263 e. The van der Waals surface area contributed by atoms with Crippen molar-refractivity contribution in [3.05, 3.63) is 50.4 Å². The molecule has 2 aromatic heterocycles. The molecule has 3 rings (SSSR count). The molecule has 0 aliphatic heterocycles. The summed E-state index contributed by atoms with van der Waals surface area (Å²) in [6.07, 6.45) is 11.0. The van der Waals surface area contributed by atoms with Gasteiger partial charge in [0.1, 0.15) is 0 Å². The van der Waals surface area contributed by atoms with Gasteiger partial charge in [-0.2, -0.15) is 0 Å². The first-order valence-electron chi connectivity index (χ1n) is 7.08. The lowest BCUT2D eigenvalue weighted by molar-refractivity contribution is 0.712.